The molecule has 0 saturated carbocycles. The van der Waals surface area contributed by atoms with E-state index in [0.29, 0.717) is 6.42 Å². The van der Waals surface area contributed by atoms with Crippen molar-refractivity contribution in [3.63, 3.8) is 0 Å². The molecule has 3 N–H and O–H groups in total. The van der Waals surface area contributed by atoms with Crippen LogP contribution in [0, 0.1) is 17.1 Å². The first-order valence-electron chi connectivity index (χ1n) is 5.32. The van der Waals surface area contributed by atoms with Gasteiger partial charge in [-0.1, -0.05) is 13.0 Å². The molecule has 0 aliphatic carbocycles. The lowest BCUT2D eigenvalue weighted by atomic mass is 10.1. The van der Waals surface area contributed by atoms with E-state index in [2.05, 4.69) is 5.32 Å². The summed E-state index contributed by atoms with van der Waals surface area (Å²) in [6.45, 7) is 1.86. The highest BCUT2D eigenvalue weighted by Crippen LogP contribution is 2.15. The highest BCUT2D eigenvalue weighted by atomic mass is 19.1. The predicted molar refractivity (Wildman–Crippen MR) is 62.6 cm³/mol. The molecule has 1 rings (SSSR count). The van der Waals surface area contributed by atoms with Gasteiger partial charge in [-0.25, -0.2) is 4.39 Å². The van der Waals surface area contributed by atoms with E-state index in [1.54, 1.807) is 0 Å². The Morgan fingerprint density at radius 3 is 2.94 bits per heavy atom. The number of halogens is 1. The lowest BCUT2D eigenvalue weighted by Crippen LogP contribution is -2.34. The van der Waals surface area contributed by atoms with Gasteiger partial charge in [0.05, 0.1) is 23.7 Å². The maximum Gasteiger partial charge on any atom is 0.253 e. The largest absolute Gasteiger partial charge is 0.396 e. The Morgan fingerprint density at radius 2 is 2.35 bits per heavy atom. The number of nitrogens with two attached hydrogens (primary N) is 1. The van der Waals surface area contributed by atoms with Crippen molar-refractivity contribution in [3.8, 4) is 6.07 Å². The number of para-hydroxylation sites is 1. The second-order valence-corrected chi connectivity index (χ2v) is 3.64. The van der Waals surface area contributed by atoms with Crippen LogP contribution in [-0.2, 0) is 0 Å². The van der Waals surface area contributed by atoms with Crippen molar-refractivity contribution in [2.45, 2.75) is 25.8 Å². The quantitative estimate of drug-likeness (QED) is 0.781. The van der Waals surface area contributed by atoms with E-state index < -0.39 is 11.7 Å². The van der Waals surface area contributed by atoms with Crippen molar-refractivity contribution in [2.24, 2.45) is 0 Å². The van der Waals surface area contributed by atoms with E-state index in [4.69, 9.17) is 11.0 Å². The third kappa shape index (κ3) is 3.18. The number of carbonyl (C=O) groups is 1. The molecular formula is C12H14FN3O. The number of hydrogen-bond acceptors (Lipinski definition) is 3. The molecule has 0 aromatic heterocycles. The van der Waals surface area contributed by atoms with Crippen LogP contribution < -0.4 is 11.1 Å². The summed E-state index contributed by atoms with van der Waals surface area (Å²) in [5, 5.41) is 11.2. The molecule has 1 unspecified atom stereocenters. The lowest BCUT2D eigenvalue weighted by Gasteiger charge is -2.14. The maximum absolute atomic E-state index is 13.1. The van der Waals surface area contributed by atoms with Crippen molar-refractivity contribution in [1.29, 1.82) is 5.26 Å². The zero-order chi connectivity index (χ0) is 12.8. The Kier molecular flexibility index (Phi) is 4.46. The van der Waals surface area contributed by atoms with Gasteiger partial charge < -0.3 is 11.1 Å². The van der Waals surface area contributed by atoms with Gasteiger partial charge in [0.25, 0.3) is 5.91 Å². The van der Waals surface area contributed by atoms with Gasteiger partial charge in [-0.2, -0.15) is 5.26 Å². The SMILES string of the molecule is CCC(CC#N)NC(=O)c1cccc(F)c1N. The maximum atomic E-state index is 13.1. The average Bonchev–Trinajstić information content (AvgIpc) is 2.31. The lowest BCUT2D eigenvalue weighted by molar-refractivity contribution is 0.0937. The number of carbonyl (C=O) groups excluding carboxylic acids is 1. The number of rotatable bonds is 4. The van der Waals surface area contributed by atoms with Crippen molar-refractivity contribution in [2.75, 3.05) is 5.73 Å². The topological polar surface area (TPSA) is 78.9 Å². The van der Waals surface area contributed by atoms with E-state index >= 15 is 0 Å². The fourth-order valence-corrected chi connectivity index (χ4v) is 1.41. The van der Waals surface area contributed by atoms with Crippen molar-refractivity contribution >= 4 is 11.6 Å². The molecule has 0 saturated heterocycles. The first-order valence-corrected chi connectivity index (χ1v) is 5.32. The molecule has 0 bridgehead atoms. The van der Waals surface area contributed by atoms with Crippen LogP contribution in [0.15, 0.2) is 18.2 Å². The second kappa shape index (κ2) is 5.85. The summed E-state index contributed by atoms with van der Waals surface area (Å²) in [4.78, 5) is 11.8. The van der Waals surface area contributed by atoms with Gasteiger partial charge in [0, 0.05) is 6.04 Å². The molecule has 1 aromatic rings. The normalized spacial score (nSPS) is 11.6. The van der Waals surface area contributed by atoms with Crippen LogP contribution in [0.2, 0.25) is 0 Å². The monoisotopic (exact) mass is 235 g/mol. The summed E-state index contributed by atoms with van der Waals surface area (Å²) in [5.74, 6) is -1.07. The Bertz CT molecular complexity index is 454. The Hall–Kier alpha value is -2.09. The molecule has 1 aromatic carbocycles. The highest BCUT2D eigenvalue weighted by molar-refractivity contribution is 5.99. The van der Waals surface area contributed by atoms with Gasteiger partial charge in [0.15, 0.2) is 0 Å². The number of nitrogens with zero attached hydrogens (tertiary/aromatic N) is 1. The number of benzene rings is 1. The summed E-state index contributed by atoms with van der Waals surface area (Å²) in [5.41, 5.74) is 5.40. The van der Waals surface area contributed by atoms with E-state index in [9.17, 15) is 9.18 Å². The molecule has 0 fully saturated rings. The third-order valence-corrected chi connectivity index (χ3v) is 2.46. The Morgan fingerprint density at radius 1 is 1.65 bits per heavy atom. The standard InChI is InChI=1S/C12H14FN3O/c1-2-8(6-7-14)16-12(17)9-4-3-5-10(13)11(9)15/h3-5,8H,2,6,15H2,1H3,(H,16,17). The van der Waals surface area contributed by atoms with Crippen LogP contribution in [0.25, 0.3) is 0 Å². The number of amides is 1. The zero-order valence-electron chi connectivity index (χ0n) is 9.53. The van der Waals surface area contributed by atoms with Crippen LogP contribution in [0.1, 0.15) is 30.1 Å². The van der Waals surface area contributed by atoms with Crippen molar-refractivity contribution in [3.05, 3.63) is 29.6 Å². The average molecular weight is 235 g/mol. The number of anilines is 1. The van der Waals surface area contributed by atoms with E-state index in [-0.39, 0.29) is 23.7 Å². The minimum Gasteiger partial charge on any atom is -0.396 e. The molecule has 0 aliphatic heterocycles. The molecule has 1 atom stereocenters. The number of nitriles is 1. The molecule has 0 radical (unpaired) electrons. The van der Waals surface area contributed by atoms with Crippen molar-refractivity contribution in [1.82, 2.24) is 5.32 Å². The van der Waals surface area contributed by atoms with Crippen LogP contribution in [0.5, 0.6) is 0 Å². The summed E-state index contributed by atoms with van der Waals surface area (Å²) in [6.07, 6.45) is 0.853. The van der Waals surface area contributed by atoms with Crippen molar-refractivity contribution < 1.29 is 9.18 Å². The predicted octanol–water partition coefficient (Wildman–Crippen LogP) is 1.83. The molecule has 5 heteroatoms. The van der Waals surface area contributed by atoms with E-state index in [1.807, 2.05) is 13.0 Å². The van der Waals surface area contributed by atoms with E-state index in [1.165, 1.54) is 18.2 Å². The van der Waals surface area contributed by atoms with Gasteiger partial charge in [-0.05, 0) is 18.6 Å². The van der Waals surface area contributed by atoms with Crippen LogP contribution in [-0.4, -0.2) is 11.9 Å². The molecule has 0 heterocycles. The zero-order valence-corrected chi connectivity index (χ0v) is 9.53. The molecule has 4 nitrogen and oxygen atoms in total. The molecule has 1 amide bonds. The number of nitrogens with one attached hydrogen (secondary N) is 1. The fraction of sp³-hybridized carbons (Fsp3) is 0.333. The molecule has 0 spiro atoms. The van der Waals surface area contributed by atoms with Gasteiger partial charge in [0.2, 0.25) is 0 Å². The highest BCUT2D eigenvalue weighted by Gasteiger charge is 2.15. The summed E-state index contributed by atoms with van der Waals surface area (Å²) >= 11 is 0. The number of nitrogen functional groups attached to an aromatic ring is 1. The van der Waals surface area contributed by atoms with Gasteiger partial charge in [-0.3, -0.25) is 4.79 Å². The molecular weight excluding hydrogens is 221 g/mol. The number of hydrogen-bond donors (Lipinski definition) is 2. The molecule has 90 valence electrons. The second-order valence-electron chi connectivity index (χ2n) is 3.64. The van der Waals surface area contributed by atoms with Gasteiger partial charge in [0.1, 0.15) is 5.82 Å². The first kappa shape index (κ1) is 13.0. The summed E-state index contributed by atoms with van der Waals surface area (Å²) in [7, 11) is 0. The van der Waals surface area contributed by atoms with Gasteiger partial charge >= 0.3 is 0 Å². The fourth-order valence-electron chi connectivity index (χ4n) is 1.41. The third-order valence-electron chi connectivity index (χ3n) is 2.46. The Labute approximate surface area is 99.2 Å². The Balaban J connectivity index is 2.83. The minimum atomic E-state index is -0.619. The van der Waals surface area contributed by atoms with Crippen LogP contribution in [0.3, 0.4) is 0 Å². The van der Waals surface area contributed by atoms with Crippen LogP contribution >= 0.6 is 0 Å². The summed E-state index contributed by atoms with van der Waals surface area (Å²) < 4.78 is 13.1. The summed E-state index contributed by atoms with van der Waals surface area (Å²) in [6, 6.07) is 5.81. The first-order chi connectivity index (χ1) is 8.10. The minimum absolute atomic E-state index is 0.0985. The smallest absolute Gasteiger partial charge is 0.253 e. The molecule has 17 heavy (non-hydrogen) atoms. The van der Waals surface area contributed by atoms with Crippen LogP contribution in [0.4, 0.5) is 10.1 Å². The van der Waals surface area contributed by atoms with Gasteiger partial charge in [-0.15, -0.1) is 0 Å². The van der Waals surface area contributed by atoms with E-state index in [0.717, 1.165) is 0 Å². The molecule has 0 aliphatic rings.